The van der Waals surface area contributed by atoms with E-state index in [2.05, 4.69) is 47.1 Å². The predicted molar refractivity (Wildman–Crippen MR) is 148 cm³/mol. The van der Waals surface area contributed by atoms with Crippen LogP contribution in [0.3, 0.4) is 0 Å². The summed E-state index contributed by atoms with van der Waals surface area (Å²) in [5.41, 5.74) is 4.65. The Labute approximate surface area is 220 Å². The van der Waals surface area contributed by atoms with E-state index in [0.717, 1.165) is 36.6 Å². The van der Waals surface area contributed by atoms with Crippen molar-refractivity contribution in [1.82, 2.24) is 9.88 Å². The molecule has 1 heterocycles. The average molecular weight is 526 g/mol. The van der Waals surface area contributed by atoms with Crippen LogP contribution in [0.4, 0.5) is 5.69 Å². The zero-order chi connectivity index (χ0) is 24.8. The van der Waals surface area contributed by atoms with E-state index >= 15 is 0 Å². The van der Waals surface area contributed by atoms with Gasteiger partial charge in [0.15, 0.2) is 0 Å². The fourth-order valence-electron chi connectivity index (χ4n) is 4.04. The number of halogens is 1. The van der Waals surface area contributed by atoms with E-state index in [1.165, 1.54) is 9.87 Å². The number of anilines is 1. The molecule has 0 unspecified atom stereocenters. The number of methoxy groups -OCH3 is 1. The fraction of sp³-hybridized carbons (Fsp3) is 0.214. The first kappa shape index (κ1) is 27.3. The summed E-state index contributed by atoms with van der Waals surface area (Å²) >= 11 is 0. The molecule has 0 spiro atoms. The van der Waals surface area contributed by atoms with Crippen molar-refractivity contribution in [2.75, 3.05) is 25.0 Å². The zero-order valence-electron chi connectivity index (χ0n) is 20.7. The quantitative estimate of drug-likeness (QED) is 0.277. The number of aromatic nitrogens is 1. The Kier molecular flexibility index (Phi) is 9.20. The van der Waals surface area contributed by atoms with Gasteiger partial charge in [0, 0.05) is 43.2 Å². The molecule has 0 fully saturated rings. The third kappa shape index (κ3) is 6.10. The SMILES string of the molecule is CCN(Cc1ccccc1)Cc1ccc(-c2ccc(S(=O)(=O)N(C)c3ccccc3)cc2OC)[nH]1.Cl. The third-order valence-electron chi connectivity index (χ3n) is 6.08. The number of sulfonamides is 1. The summed E-state index contributed by atoms with van der Waals surface area (Å²) in [5.74, 6) is 0.498. The zero-order valence-corrected chi connectivity index (χ0v) is 22.4. The van der Waals surface area contributed by atoms with Crippen LogP contribution in [0.1, 0.15) is 18.2 Å². The molecule has 0 atom stereocenters. The van der Waals surface area contributed by atoms with Crippen molar-refractivity contribution in [3.63, 3.8) is 0 Å². The standard InChI is InChI=1S/C28H31N3O3S.ClH/c1-4-31(20-22-11-7-5-8-12-22)21-23-15-18-27(29-23)26-17-16-25(19-28(26)34-3)35(32,33)30(2)24-13-9-6-10-14-24;/h5-19,29H,4,20-21H2,1-3H3;1H. The summed E-state index contributed by atoms with van der Waals surface area (Å²) in [5, 5.41) is 0. The fourth-order valence-corrected chi connectivity index (χ4v) is 5.25. The van der Waals surface area contributed by atoms with Crippen molar-refractivity contribution in [3.05, 3.63) is 102 Å². The number of para-hydroxylation sites is 1. The lowest BCUT2D eigenvalue weighted by Gasteiger charge is -2.20. The molecule has 190 valence electrons. The van der Waals surface area contributed by atoms with E-state index < -0.39 is 10.0 Å². The summed E-state index contributed by atoms with van der Waals surface area (Å²) in [6, 6.07) is 28.5. The van der Waals surface area contributed by atoms with Gasteiger partial charge in [0.1, 0.15) is 5.75 Å². The van der Waals surface area contributed by atoms with Crippen LogP contribution in [0.5, 0.6) is 5.75 Å². The molecule has 36 heavy (non-hydrogen) atoms. The van der Waals surface area contributed by atoms with Crippen LogP contribution >= 0.6 is 12.4 Å². The molecule has 1 N–H and O–H groups in total. The molecule has 6 nitrogen and oxygen atoms in total. The predicted octanol–water partition coefficient (Wildman–Crippen LogP) is 5.96. The minimum atomic E-state index is -3.73. The molecule has 8 heteroatoms. The first-order valence-electron chi connectivity index (χ1n) is 11.6. The monoisotopic (exact) mass is 525 g/mol. The van der Waals surface area contributed by atoms with Crippen molar-refractivity contribution in [2.24, 2.45) is 0 Å². The van der Waals surface area contributed by atoms with Gasteiger partial charge < -0.3 is 9.72 Å². The van der Waals surface area contributed by atoms with Gasteiger partial charge in [-0.25, -0.2) is 8.42 Å². The highest BCUT2D eigenvalue weighted by atomic mass is 35.5. The number of H-pyrrole nitrogens is 1. The van der Waals surface area contributed by atoms with Crippen LogP contribution in [0.15, 0.2) is 95.9 Å². The van der Waals surface area contributed by atoms with Crippen molar-refractivity contribution in [2.45, 2.75) is 24.9 Å². The number of nitrogens with zero attached hydrogens (tertiary/aromatic N) is 2. The highest BCUT2D eigenvalue weighted by Gasteiger charge is 2.23. The van der Waals surface area contributed by atoms with Gasteiger partial charge in [0.2, 0.25) is 0 Å². The number of nitrogens with one attached hydrogen (secondary N) is 1. The van der Waals surface area contributed by atoms with Gasteiger partial charge in [0.25, 0.3) is 10.0 Å². The second kappa shape index (κ2) is 12.1. The maximum Gasteiger partial charge on any atom is 0.264 e. The Balaban J connectivity index is 0.00000361. The Hall–Kier alpha value is -3.26. The van der Waals surface area contributed by atoms with Gasteiger partial charge in [-0.2, -0.15) is 0 Å². The minimum Gasteiger partial charge on any atom is -0.496 e. The molecule has 0 saturated carbocycles. The van der Waals surface area contributed by atoms with Gasteiger partial charge in [-0.15, -0.1) is 12.4 Å². The molecular weight excluding hydrogens is 494 g/mol. The molecule has 0 amide bonds. The van der Waals surface area contributed by atoms with Crippen LogP contribution < -0.4 is 9.04 Å². The largest absolute Gasteiger partial charge is 0.496 e. The van der Waals surface area contributed by atoms with E-state index in [1.807, 2.05) is 30.3 Å². The van der Waals surface area contributed by atoms with Crippen LogP contribution in [-0.2, 0) is 23.1 Å². The Morgan fingerprint density at radius 1 is 0.861 bits per heavy atom. The minimum absolute atomic E-state index is 0. The molecular formula is C28H32ClN3O3S. The van der Waals surface area contributed by atoms with Crippen molar-refractivity contribution >= 4 is 28.1 Å². The van der Waals surface area contributed by atoms with Crippen molar-refractivity contribution < 1.29 is 13.2 Å². The van der Waals surface area contributed by atoms with Gasteiger partial charge in [0.05, 0.1) is 17.7 Å². The molecule has 0 aliphatic carbocycles. The van der Waals surface area contributed by atoms with Crippen LogP contribution in [0.25, 0.3) is 11.3 Å². The molecule has 4 rings (SSSR count). The third-order valence-corrected chi connectivity index (χ3v) is 7.86. The van der Waals surface area contributed by atoms with Gasteiger partial charge in [-0.3, -0.25) is 9.21 Å². The second-order valence-electron chi connectivity index (χ2n) is 8.36. The lowest BCUT2D eigenvalue weighted by molar-refractivity contribution is 0.268. The number of hydrogen-bond donors (Lipinski definition) is 1. The van der Waals surface area contributed by atoms with Gasteiger partial charge in [-0.1, -0.05) is 55.5 Å². The molecule has 0 aliphatic rings. The van der Waals surface area contributed by atoms with E-state index in [0.29, 0.717) is 11.4 Å². The molecule has 0 saturated heterocycles. The van der Waals surface area contributed by atoms with E-state index in [9.17, 15) is 8.42 Å². The number of ether oxygens (including phenoxy) is 1. The second-order valence-corrected chi connectivity index (χ2v) is 10.3. The molecule has 0 aliphatic heterocycles. The first-order chi connectivity index (χ1) is 16.9. The summed E-state index contributed by atoms with van der Waals surface area (Å²) in [6.07, 6.45) is 0. The number of rotatable bonds is 10. The van der Waals surface area contributed by atoms with Crippen molar-refractivity contribution in [1.29, 1.82) is 0 Å². The van der Waals surface area contributed by atoms with Gasteiger partial charge in [-0.05, 0) is 48.5 Å². The Morgan fingerprint density at radius 2 is 1.53 bits per heavy atom. The highest BCUT2D eigenvalue weighted by Crippen LogP contribution is 2.33. The lowest BCUT2D eigenvalue weighted by Crippen LogP contribution is -2.26. The number of benzene rings is 3. The summed E-state index contributed by atoms with van der Waals surface area (Å²) in [4.78, 5) is 6.02. The van der Waals surface area contributed by atoms with E-state index in [-0.39, 0.29) is 17.3 Å². The lowest BCUT2D eigenvalue weighted by atomic mass is 10.1. The van der Waals surface area contributed by atoms with Crippen LogP contribution in [0, 0.1) is 0 Å². The molecule has 3 aromatic carbocycles. The highest BCUT2D eigenvalue weighted by molar-refractivity contribution is 7.92. The summed E-state index contributed by atoms with van der Waals surface area (Å²) < 4.78 is 33.3. The molecule has 4 aromatic rings. The number of aromatic amines is 1. The molecule has 0 bridgehead atoms. The molecule has 1 aromatic heterocycles. The van der Waals surface area contributed by atoms with E-state index in [4.69, 9.17) is 4.74 Å². The van der Waals surface area contributed by atoms with Crippen LogP contribution in [0.2, 0.25) is 0 Å². The summed E-state index contributed by atoms with van der Waals surface area (Å²) in [7, 11) is -0.624. The molecule has 0 radical (unpaired) electrons. The van der Waals surface area contributed by atoms with Crippen LogP contribution in [-0.4, -0.2) is 39.0 Å². The maximum absolute atomic E-state index is 13.2. The maximum atomic E-state index is 13.2. The number of hydrogen-bond acceptors (Lipinski definition) is 4. The Morgan fingerprint density at radius 3 is 2.17 bits per heavy atom. The van der Waals surface area contributed by atoms with E-state index in [1.54, 1.807) is 44.5 Å². The van der Waals surface area contributed by atoms with Gasteiger partial charge >= 0.3 is 0 Å². The smallest absolute Gasteiger partial charge is 0.264 e. The normalized spacial score (nSPS) is 11.2. The van der Waals surface area contributed by atoms with Crippen molar-refractivity contribution in [3.8, 4) is 17.0 Å². The average Bonchev–Trinajstić information content (AvgIpc) is 3.36. The Bertz CT molecular complexity index is 1360. The topological polar surface area (TPSA) is 65.6 Å². The summed E-state index contributed by atoms with van der Waals surface area (Å²) in [6.45, 7) is 4.73. The first-order valence-corrected chi connectivity index (χ1v) is 13.0.